The Bertz CT molecular complexity index is 625. The summed E-state index contributed by atoms with van der Waals surface area (Å²) < 4.78 is 1.82. The highest BCUT2D eigenvalue weighted by Crippen LogP contribution is 2.15. The van der Waals surface area contributed by atoms with Crippen molar-refractivity contribution in [3.05, 3.63) is 42.1 Å². The van der Waals surface area contributed by atoms with Crippen molar-refractivity contribution >= 4 is 11.3 Å². The molecule has 3 heterocycles. The van der Waals surface area contributed by atoms with E-state index in [2.05, 4.69) is 25.6 Å². The van der Waals surface area contributed by atoms with Crippen molar-refractivity contribution in [3.8, 4) is 0 Å². The summed E-state index contributed by atoms with van der Waals surface area (Å²) >= 11 is 0. The summed E-state index contributed by atoms with van der Waals surface area (Å²) in [5.74, 6) is 0.822. The molecule has 0 radical (unpaired) electrons. The molecule has 0 aliphatic rings. The van der Waals surface area contributed by atoms with Crippen molar-refractivity contribution in [2.45, 2.75) is 13.5 Å². The topological polar surface area (TPSA) is 70.9 Å². The van der Waals surface area contributed by atoms with E-state index in [-0.39, 0.29) is 0 Å². The summed E-state index contributed by atoms with van der Waals surface area (Å²) in [4.78, 5) is 4.31. The third-order valence-electron chi connectivity index (χ3n) is 2.52. The maximum Gasteiger partial charge on any atom is 0.152 e. The van der Waals surface area contributed by atoms with Gasteiger partial charge in [-0.15, -0.1) is 0 Å². The summed E-state index contributed by atoms with van der Waals surface area (Å²) in [5, 5.41) is 14.4. The number of nitrogens with one attached hydrogen (secondary N) is 2. The molecule has 3 rings (SSSR count). The van der Waals surface area contributed by atoms with E-state index in [0.29, 0.717) is 6.54 Å². The number of nitrogens with zero attached hydrogens (tertiary/aromatic N) is 4. The Kier molecular flexibility index (Phi) is 2.25. The number of hydrogen-bond acceptors (Lipinski definition) is 4. The number of fused-ring (bicyclic) bond motifs is 1. The van der Waals surface area contributed by atoms with Gasteiger partial charge in [-0.1, -0.05) is 0 Å². The van der Waals surface area contributed by atoms with Crippen LogP contribution in [0.3, 0.4) is 0 Å². The van der Waals surface area contributed by atoms with E-state index in [1.54, 1.807) is 12.4 Å². The third-order valence-corrected chi connectivity index (χ3v) is 2.52. The lowest BCUT2D eigenvalue weighted by molar-refractivity contribution is 0.916. The third kappa shape index (κ3) is 1.84. The fourth-order valence-corrected chi connectivity index (χ4v) is 1.74. The molecule has 0 atom stereocenters. The first-order valence-electron chi connectivity index (χ1n) is 5.36. The van der Waals surface area contributed by atoms with Gasteiger partial charge in [0.15, 0.2) is 5.82 Å². The van der Waals surface area contributed by atoms with Crippen molar-refractivity contribution in [1.29, 1.82) is 0 Å². The molecule has 2 N–H and O–H groups in total. The molecule has 0 aliphatic carbocycles. The van der Waals surface area contributed by atoms with Gasteiger partial charge in [0.05, 0.1) is 17.9 Å². The fraction of sp³-hybridized carbons (Fsp3) is 0.182. The van der Waals surface area contributed by atoms with Gasteiger partial charge in [0.1, 0.15) is 5.52 Å². The normalized spacial score (nSPS) is 10.9. The van der Waals surface area contributed by atoms with Crippen LogP contribution in [0, 0.1) is 6.92 Å². The van der Waals surface area contributed by atoms with Crippen LogP contribution in [0.2, 0.25) is 0 Å². The zero-order valence-corrected chi connectivity index (χ0v) is 9.38. The summed E-state index contributed by atoms with van der Waals surface area (Å²) in [5.41, 5.74) is 2.97. The molecule has 0 saturated carbocycles. The van der Waals surface area contributed by atoms with Crippen LogP contribution in [0.25, 0.3) is 5.52 Å². The molecule has 0 aromatic carbocycles. The van der Waals surface area contributed by atoms with E-state index in [4.69, 9.17) is 0 Å². The smallest absolute Gasteiger partial charge is 0.152 e. The summed E-state index contributed by atoms with van der Waals surface area (Å²) in [7, 11) is 0. The number of aromatic amines is 1. The molecule has 3 aromatic rings. The fourth-order valence-electron chi connectivity index (χ4n) is 1.74. The first kappa shape index (κ1) is 9.83. The molecule has 6 heteroatoms. The standard InChI is InChI=1S/C11H12N6/c1-8-6-10-11(12-4-5-17(10)16-8)13-7-9-2-3-14-15-9/h2-6H,7H2,1H3,(H,12,13)(H,14,15). The van der Waals surface area contributed by atoms with Crippen LogP contribution in [0.4, 0.5) is 5.82 Å². The van der Waals surface area contributed by atoms with E-state index >= 15 is 0 Å². The van der Waals surface area contributed by atoms with Crippen LogP contribution < -0.4 is 5.32 Å². The number of H-pyrrole nitrogens is 1. The molecule has 0 fully saturated rings. The molecule has 86 valence electrons. The Labute approximate surface area is 97.7 Å². The predicted octanol–water partition coefficient (Wildman–Crippen LogP) is 1.37. The Hall–Kier alpha value is -2.37. The van der Waals surface area contributed by atoms with Crippen molar-refractivity contribution in [2.75, 3.05) is 5.32 Å². The van der Waals surface area contributed by atoms with Crippen molar-refractivity contribution in [3.63, 3.8) is 0 Å². The average molecular weight is 228 g/mol. The minimum atomic E-state index is 0.664. The van der Waals surface area contributed by atoms with E-state index in [0.717, 1.165) is 22.7 Å². The van der Waals surface area contributed by atoms with Crippen LogP contribution in [-0.2, 0) is 6.54 Å². The Balaban J connectivity index is 1.89. The molecule has 0 aliphatic heterocycles. The quantitative estimate of drug-likeness (QED) is 0.710. The number of aryl methyl sites for hydroxylation is 1. The van der Waals surface area contributed by atoms with Crippen molar-refractivity contribution in [2.24, 2.45) is 0 Å². The molecule has 0 spiro atoms. The molecular weight excluding hydrogens is 216 g/mol. The van der Waals surface area contributed by atoms with E-state index in [9.17, 15) is 0 Å². The van der Waals surface area contributed by atoms with Gasteiger partial charge in [0, 0.05) is 18.6 Å². The number of aromatic nitrogens is 5. The van der Waals surface area contributed by atoms with Gasteiger partial charge in [-0.2, -0.15) is 10.2 Å². The lowest BCUT2D eigenvalue weighted by atomic mass is 10.4. The first-order chi connectivity index (χ1) is 8.33. The maximum absolute atomic E-state index is 4.34. The van der Waals surface area contributed by atoms with Crippen LogP contribution in [0.15, 0.2) is 30.7 Å². The largest absolute Gasteiger partial charge is 0.363 e. The van der Waals surface area contributed by atoms with Gasteiger partial charge >= 0.3 is 0 Å². The van der Waals surface area contributed by atoms with Crippen LogP contribution >= 0.6 is 0 Å². The second-order valence-corrected chi connectivity index (χ2v) is 3.83. The molecule has 17 heavy (non-hydrogen) atoms. The van der Waals surface area contributed by atoms with Crippen LogP contribution in [0.1, 0.15) is 11.4 Å². The lowest BCUT2D eigenvalue weighted by Gasteiger charge is -2.04. The van der Waals surface area contributed by atoms with Gasteiger partial charge < -0.3 is 5.32 Å². The summed E-state index contributed by atoms with van der Waals surface area (Å²) in [6, 6.07) is 3.93. The first-order valence-corrected chi connectivity index (χ1v) is 5.36. The van der Waals surface area contributed by atoms with Gasteiger partial charge in [-0.3, -0.25) is 5.10 Å². The highest BCUT2D eigenvalue weighted by atomic mass is 15.2. The zero-order valence-electron chi connectivity index (χ0n) is 9.38. The zero-order chi connectivity index (χ0) is 11.7. The Morgan fingerprint density at radius 2 is 2.35 bits per heavy atom. The molecule has 0 amide bonds. The molecular formula is C11H12N6. The second-order valence-electron chi connectivity index (χ2n) is 3.83. The van der Waals surface area contributed by atoms with Gasteiger partial charge in [-0.25, -0.2) is 9.50 Å². The van der Waals surface area contributed by atoms with E-state index < -0.39 is 0 Å². The highest BCUT2D eigenvalue weighted by Gasteiger charge is 2.04. The number of rotatable bonds is 3. The van der Waals surface area contributed by atoms with Gasteiger partial charge in [0.25, 0.3) is 0 Å². The van der Waals surface area contributed by atoms with Gasteiger partial charge in [-0.05, 0) is 19.1 Å². The molecule has 0 bridgehead atoms. The second kappa shape index (κ2) is 3.89. The minimum absolute atomic E-state index is 0.664. The summed E-state index contributed by atoms with van der Waals surface area (Å²) in [6.07, 6.45) is 5.30. The lowest BCUT2D eigenvalue weighted by Crippen LogP contribution is -2.03. The molecule has 3 aromatic heterocycles. The summed E-state index contributed by atoms with van der Waals surface area (Å²) in [6.45, 7) is 2.63. The molecule has 6 nitrogen and oxygen atoms in total. The van der Waals surface area contributed by atoms with Gasteiger partial charge in [0.2, 0.25) is 0 Å². The van der Waals surface area contributed by atoms with Crippen molar-refractivity contribution in [1.82, 2.24) is 24.8 Å². The molecule has 0 unspecified atom stereocenters. The maximum atomic E-state index is 4.34. The van der Waals surface area contributed by atoms with E-state index in [1.165, 1.54) is 0 Å². The highest BCUT2D eigenvalue weighted by molar-refractivity contribution is 5.67. The van der Waals surface area contributed by atoms with Crippen molar-refractivity contribution < 1.29 is 0 Å². The number of anilines is 1. The van der Waals surface area contributed by atoms with E-state index in [1.807, 2.05) is 29.8 Å². The Morgan fingerprint density at radius 3 is 3.18 bits per heavy atom. The Morgan fingerprint density at radius 1 is 1.41 bits per heavy atom. The predicted molar refractivity (Wildman–Crippen MR) is 63.6 cm³/mol. The van der Waals surface area contributed by atoms with Crippen LogP contribution in [0.5, 0.6) is 0 Å². The SMILES string of the molecule is Cc1cc2c(NCc3ccn[nH]3)nccn2n1. The minimum Gasteiger partial charge on any atom is -0.363 e. The monoisotopic (exact) mass is 228 g/mol. The molecule has 0 saturated heterocycles. The average Bonchev–Trinajstić information content (AvgIpc) is 2.93. The van der Waals surface area contributed by atoms with Crippen LogP contribution in [-0.4, -0.2) is 24.8 Å². The number of hydrogen-bond donors (Lipinski definition) is 2.